The first-order valence-corrected chi connectivity index (χ1v) is 8.52. The predicted molar refractivity (Wildman–Crippen MR) is 90.9 cm³/mol. The van der Waals surface area contributed by atoms with Crippen molar-refractivity contribution in [1.29, 1.82) is 0 Å². The lowest BCUT2D eigenvalue weighted by atomic mass is 10.1. The Morgan fingerprint density at radius 1 is 1.13 bits per heavy atom. The number of nitrogens with one attached hydrogen (secondary N) is 1. The van der Waals surface area contributed by atoms with Crippen LogP contribution in [0.25, 0.3) is 0 Å². The summed E-state index contributed by atoms with van der Waals surface area (Å²) in [5.41, 5.74) is 3.70. The van der Waals surface area contributed by atoms with E-state index < -0.39 is 0 Å². The van der Waals surface area contributed by atoms with Crippen molar-refractivity contribution in [3.05, 3.63) is 12.1 Å². The zero-order chi connectivity index (χ0) is 15.9. The molecule has 0 bridgehead atoms. The summed E-state index contributed by atoms with van der Waals surface area (Å²) < 4.78 is 11.3. The predicted octanol–water partition coefficient (Wildman–Crippen LogP) is 1.07. The zero-order valence-electron chi connectivity index (χ0n) is 13.7. The molecule has 0 saturated carbocycles. The van der Waals surface area contributed by atoms with E-state index in [1.165, 1.54) is 32.4 Å². The smallest absolute Gasteiger partial charge is 0.217 e. The third-order valence-electron chi connectivity index (χ3n) is 4.42. The molecule has 0 radical (unpaired) electrons. The summed E-state index contributed by atoms with van der Waals surface area (Å²) in [7, 11) is 0. The topological polar surface area (TPSA) is 75.9 Å². The van der Waals surface area contributed by atoms with Crippen LogP contribution in [0.15, 0.2) is 12.1 Å². The van der Waals surface area contributed by atoms with Gasteiger partial charge in [-0.25, -0.2) is 5.84 Å². The number of likely N-dealkylation sites (tertiary alicyclic amines) is 1. The molecule has 0 aromatic carbocycles. The molecule has 3 rings (SSSR count). The van der Waals surface area contributed by atoms with Crippen molar-refractivity contribution in [3.8, 4) is 5.88 Å². The standard InChI is InChI=1S/C16H27N5O2/c17-19-15-12-14(21-7-9-22-10-8-21)13-16(18-15)23-11-6-20-4-2-1-3-5-20/h12-13H,1-11,17H2,(H,18,19). The maximum Gasteiger partial charge on any atom is 0.217 e. The number of piperidine rings is 1. The van der Waals surface area contributed by atoms with Crippen LogP contribution in [-0.2, 0) is 4.74 Å². The molecule has 2 fully saturated rings. The highest BCUT2D eigenvalue weighted by atomic mass is 16.5. The Balaban J connectivity index is 1.58. The third kappa shape index (κ3) is 4.70. The SMILES string of the molecule is NNc1cc(N2CCOCC2)cc(OCCN2CCCCC2)n1. The molecule has 2 saturated heterocycles. The highest BCUT2D eigenvalue weighted by Gasteiger charge is 2.14. The van der Waals surface area contributed by atoms with E-state index >= 15 is 0 Å². The maximum absolute atomic E-state index is 5.88. The number of nitrogens with zero attached hydrogens (tertiary/aromatic N) is 3. The lowest BCUT2D eigenvalue weighted by molar-refractivity contribution is 0.122. The molecule has 0 atom stereocenters. The Kier molecular flexibility index (Phi) is 5.90. The van der Waals surface area contributed by atoms with Crippen molar-refractivity contribution in [2.24, 2.45) is 5.84 Å². The van der Waals surface area contributed by atoms with Gasteiger partial charge in [0.25, 0.3) is 0 Å². The normalized spacial score (nSPS) is 19.6. The Morgan fingerprint density at radius 3 is 2.65 bits per heavy atom. The molecule has 1 aromatic heterocycles. The second-order valence-corrected chi connectivity index (χ2v) is 6.04. The number of hydrogen-bond donors (Lipinski definition) is 2. The van der Waals surface area contributed by atoms with Crippen molar-refractivity contribution >= 4 is 11.5 Å². The first-order valence-electron chi connectivity index (χ1n) is 8.52. The maximum atomic E-state index is 5.88. The highest BCUT2D eigenvalue weighted by molar-refractivity contribution is 5.56. The van der Waals surface area contributed by atoms with Gasteiger partial charge in [0.05, 0.1) is 13.2 Å². The van der Waals surface area contributed by atoms with E-state index in [0.717, 1.165) is 38.5 Å². The molecule has 2 aliphatic heterocycles. The molecule has 7 heteroatoms. The number of aromatic nitrogens is 1. The summed E-state index contributed by atoms with van der Waals surface area (Å²) in [6, 6.07) is 3.94. The molecule has 128 valence electrons. The fraction of sp³-hybridized carbons (Fsp3) is 0.688. The zero-order valence-corrected chi connectivity index (χ0v) is 13.7. The first kappa shape index (κ1) is 16.3. The van der Waals surface area contributed by atoms with Crippen molar-refractivity contribution in [2.75, 3.05) is 62.9 Å². The van der Waals surface area contributed by atoms with Gasteiger partial charge in [0.15, 0.2) is 0 Å². The number of nitrogens with two attached hydrogens (primary N) is 1. The lowest BCUT2D eigenvalue weighted by Gasteiger charge is -2.29. The minimum Gasteiger partial charge on any atom is -0.476 e. The highest BCUT2D eigenvalue weighted by Crippen LogP contribution is 2.24. The van der Waals surface area contributed by atoms with E-state index in [4.69, 9.17) is 15.3 Å². The number of pyridine rings is 1. The fourth-order valence-corrected chi connectivity index (χ4v) is 3.11. The summed E-state index contributed by atoms with van der Waals surface area (Å²) in [6.45, 7) is 7.22. The van der Waals surface area contributed by atoms with Crippen LogP contribution in [0.1, 0.15) is 19.3 Å². The Hall–Kier alpha value is -1.57. The van der Waals surface area contributed by atoms with Gasteiger partial charge in [0.1, 0.15) is 12.4 Å². The quantitative estimate of drug-likeness (QED) is 0.599. The van der Waals surface area contributed by atoms with E-state index in [1.807, 2.05) is 12.1 Å². The van der Waals surface area contributed by atoms with Gasteiger partial charge in [-0.15, -0.1) is 0 Å². The van der Waals surface area contributed by atoms with Gasteiger partial charge in [-0.1, -0.05) is 6.42 Å². The van der Waals surface area contributed by atoms with Crippen LogP contribution in [0.2, 0.25) is 0 Å². The Bertz CT molecular complexity index is 487. The molecule has 3 N–H and O–H groups in total. The van der Waals surface area contributed by atoms with Gasteiger partial charge in [0.2, 0.25) is 5.88 Å². The molecule has 23 heavy (non-hydrogen) atoms. The molecule has 0 unspecified atom stereocenters. The average Bonchev–Trinajstić information content (AvgIpc) is 2.63. The van der Waals surface area contributed by atoms with Gasteiger partial charge in [-0.2, -0.15) is 4.98 Å². The van der Waals surface area contributed by atoms with Crippen LogP contribution in [-0.4, -0.2) is 62.4 Å². The van der Waals surface area contributed by atoms with Crippen molar-refractivity contribution in [2.45, 2.75) is 19.3 Å². The average molecular weight is 321 g/mol. The largest absolute Gasteiger partial charge is 0.476 e. The molecular formula is C16H27N5O2. The van der Waals surface area contributed by atoms with Crippen LogP contribution >= 0.6 is 0 Å². The van der Waals surface area contributed by atoms with Crippen LogP contribution in [0, 0.1) is 0 Å². The van der Waals surface area contributed by atoms with E-state index in [2.05, 4.69) is 20.2 Å². The second-order valence-electron chi connectivity index (χ2n) is 6.04. The van der Waals surface area contributed by atoms with Gasteiger partial charge in [-0.3, -0.25) is 4.90 Å². The second kappa shape index (κ2) is 8.33. The molecule has 0 aliphatic carbocycles. The summed E-state index contributed by atoms with van der Waals surface area (Å²) in [5.74, 6) is 6.79. The van der Waals surface area contributed by atoms with Crippen molar-refractivity contribution in [3.63, 3.8) is 0 Å². The number of ether oxygens (including phenoxy) is 2. The van der Waals surface area contributed by atoms with Gasteiger partial charge < -0.3 is 19.8 Å². The number of nitrogen functional groups attached to an aromatic ring is 1. The minimum absolute atomic E-state index is 0.624. The molecule has 1 aromatic rings. The van der Waals surface area contributed by atoms with Gasteiger partial charge in [-0.05, 0) is 25.9 Å². The van der Waals surface area contributed by atoms with Crippen molar-refractivity contribution in [1.82, 2.24) is 9.88 Å². The van der Waals surface area contributed by atoms with E-state index in [-0.39, 0.29) is 0 Å². The number of morpholine rings is 1. The molecule has 0 amide bonds. The number of anilines is 2. The minimum atomic E-state index is 0.624. The van der Waals surface area contributed by atoms with Crippen molar-refractivity contribution < 1.29 is 9.47 Å². The van der Waals surface area contributed by atoms with Crippen LogP contribution < -0.4 is 20.9 Å². The monoisotopic (exact) mass is 321 g/mol. The number of rotatable bonds is 6. The van der Waals surface area contributed by atoms with Crippen LogP contribution in [0.4, 0.5) is 11.5 Å². The van der Waals surface area contributed by atoms with E-state index in [1.54, 1.807) is 0 Å². The van der Waals surface area contributed by atoms with E-state index in [9.17, 15) is 0 Å². The third-order valence-corrected chi connectivity index (χ3v) is 4.42. The Labute approximate surface area is 137 Å². The number of hydrazine groups is 1. The van der Waals surface area contributed by atoms with Gasteiger partial charge >= 0.3 is 0 Å². The molecule has 2 aliphatic rings. The molecule has 3 heterocycles. The Morgan fingerprint density at radius 2 is 1.91 bits per heavy atom. The van der Waals surface area contributed by atoms with Gasteiger partial charge in [0, 0.05) is 37.5 Å². The van der Waals surface area contributed by atoms with Crippen LogP contribution in [0.3, 0.4) is 0 Å². The molecule has 0 spiro atoms. The molecular weight excluding hydrogens is 294 g/mol. The molecule has 7 nitrogen and oxygen atoms in total. The summed E-state index contributed by atoms with van der Waals surface area (Å²) >= 11 is 0. The number of hydrogen-bond acceptors (Lipinski definition) is 7. The fourth-order valence-electron chi connectivity index (χ4n) is 3.11. The lowest BCUT2D eigenvalue weighted by Crippen LogP contribution is -2.36. The van der Waals surface area contributed by atoms with E-state index in [0.29, 0.717) is 18.3 Å². The summed E-state index contributed by atoms with van der Waals surface area (Å²) in [5, 5.41) is 0. The van der Waals surface area contributed by atoms with Crippen LogP contribution in [0.5, 0.6) is 5.88 Å². The summed E-state index contributed by atoms with van der Waals surface area (Å²) in [6.07, 6.45) is 3.95. The summed E-state index contributed by atoms with van der Waals surface area (Å²) in [4.78, 5) is 9.12. The first-order chi connectivity index (χ1) is 11.3.